The molecule has 0 unspecified atom stereocenters. The highest BCUT2D eigenvalue weighted by atomic mass is 19.1. The highest BCUT2D eigenvalue weighted by Crippen LogP contribution is 2.28. The minimum absolute atomic E-state index is 0.0954. The Morgan fingerprint density at radius 1 is 0.750 bits per heavy atom. The summed E-state index contributed by atoms with van der Waals surface area (Å²) in [4.78, 5) is 47.8. The number of benzene rings is 3. The summed E-state index contributed by atoms with van der Waals surface area (Å²) in [6, 6.07) is 15.7. The summed E-state index contributed by atoms with van der Waals surface area (Å²) in [5, 5.41) is 5.13. The smallest absolute Gasteiger partial charge is 0.338 e. The molecule has 3 aromatic carbocycles. The number of ether oxygens (including phenoxy) is 3. The van der Waals surface area contributed by atoms with Crippen LogP contribution in [0.2, 0.25) is 0 Å². The first-order chi connectivity index (χ1) is 17.2. The predicted molar refractivity (Wildman–Crippen MR) is 129 cm³/mol. The number of ketones is 1. The number of rotatable bonds is 10. The number of esters is 1. The molecular formula is C26H23FN2O7. The molecule has 0 aliphatic rings. The maximum Gasteiger partial charge on any atom is 0.338 e. The molecule has 36 heavy (non-hydrogen) atoms. The molecule has 0 saturated heterocycles. The maximum atomic E-state index is 13.0. The van der Waals surface area contributed by atoms with E-state index in [0.29, 0.717) is 16.9 Å². The van der Waals surface area contributed by atoms with Crippen molar-refractivity contribution in [3.8, 4) is 11.5 Å². The van der Waals surface area contributed by atoms with E-state index in [1.54, 1.807) is 24.3 Å². The van der Waals surface area contributed by atoms with Gasteiger partial charge in [0.25, 0.3) is 11.8 Å². The van der Waals surface area contributed by atoms with Crippen LogP contribution in [0.15, 0.2) is 66.7 Å². The lowest BCUT2D eigenvalue weighted by Gasteiger charge is -2.12. The van der Waals surface area contributed by atoms with Crippen LogP contribution in [-0.2, 0) is 14.3 Å². The van der Waals surface area contributed by atoms with Crippen LogP contribution in [0, 0.1) is 5.82 Å². The summed E-state index contributed by atoms with van der Waals surface area (Å²) < 4.78 is 28.7. The Kier molecular flexibility index (Phi) is 8.71. The molecule has 10 heteroatoms. The molecule has 0 heterocycles. The van der Waals surface area contributed by atoms with Crippen molar-refractivity contribution in [2.75, 3.05) is 31.0 Å². The van der Waals surface area contributed by atoms with Crippen molar-refractivity contribution in [3.05, 3.63) is 83.7 Å². The number of nitrogens with one attached hydrogen (secondary N) is 2. The molecule has 3 aromatic rings. The zero-order valence-electron chi connectivity index (χ0n) is 19.5. The number of carbonyl (C=O) groups excluding carboxylic acids is 4. The Hall–Kier alpha value is -4.73. The number of methoxy groups -OCH3 is 1. The molecule has 186 valence electrons. The lowest BCUT2D eigenvalue weighted by molar-refractivity contribution is -0.119. The summed E-state index contributed by atoms with van der Waals surface area (Å²) in [5.74, 6) is -1.94. The predicted octanol–water partition coefficient (Wildman–Crippen LogP) is 3.85. The molecule has 0 bridgehead atoms. The minimum Gasteiger partial charge on any atom is -0.493 e. The SMILES string of the molecule is COc1cc(C(=O)OCC(=O)Nc2ccc(C(C)=O)cc2)ccc1OCC(=O)Nc1ccc(F)cc1. The lowest BCUT2D eigenvalue weighted by Crippen LogP contribution is -2.21. The Balaban J connectivity index is 1.51. The van der Waals surface area contributed by atoms with Crippen LogP contribution in [-0.4, -0.2) is 43.9 Å². The van der Waals surface area contributed by atoms with E-state index in [9.17, 15) is 23.6 Å². The topological polar surface area (TPSA) is 120 Å². The minimum atomic E-state index is -0.768. The van der Waals surface area contributed by atoms with Crippen LogP contribution < -0.4 is 20.1 Å². The Bertz CT molecular complexity index is 1260. The molecule has 0 aromatic heterocycles. The third-order valence-corrected chi connectivity index (χ3v) is 4.80. The monoisotopic (exact) mass is 494 g/mol. The zero-order chi connectivity index (χ0) is 26.1. The van der Waals surface area contributed by atoms with Crippen LogP contribution in [0.1, 0.15) is 27.6 Å². The van der Waals surface area contributed by atoms with E-state index < -0.39 is 30.2 Å². The van der Waals surface area contributed by atoms with Gasteiger partial charge < -0.3 is 24.8 Å². The van der Waals surface area contributed by atoms with Gasteiger partial charge in [-0.3, -0.25) is 14.4 Å². The van der Waals surface area contributed by atoms with Crippen molar-refractivity contribution in [3.63, 3.8) is 0 Å². The fourth-order valence-electron chi connectivity index (χ4n) is 2.99. The van der Waals surface area contributed by atoms with Crippen molar-refractivity contribution < 1.29 is 37.8 Å². The summed E-state index contributed by atoms with van der Waals surface area (Å²) in [6.45, 7) is 0.552. The van der Waals surface area contributed by atoms with Crippen LogP contribution >= 0.6 is 0 Å². The van der Waals surface area contributed by atoms with Crippen LogP contribution in [0.5, 0.6) is 11.5 Å². The van der Waals surface area contributed by atoms with E-state index in [0.717, 1.165) is 0 Å². The second kappa shape index (κ2) is 12.1. The molecule has 2 N–H and O–H groups in total. The maximum absolute atomic E-state index is 13.0. The molecule has 0 aliphatic carbocycles. The fourth-order valence-corrected chi connectivity index (χ4v) is 2.99. The summed E-state index contributed by atoms with van der Waals surface area (Å²) in [5.41, 5.74) is 1.47. The zero-order valence-corrected chi connectivity index (χ0v) is 19.5. The highest BCUT2D eigenvalue weighted by molar-refractivity contribution is 5.97. The summed E-state index contributed by atoms with van der Waals surface area (Å²) >= 11 is 0. The van der Waals surface area contributed by atoms with Gasteiger partial charge in [0.2, 0.25) is 0 Å². The first-order valence-electron chi connectivity index (χ1n) is 10.7. The molecule has 0 spiro atoms. The summed E-state index contributed by atoms with van der Waals surface area (Å²) in [7, 11) is 1.36. The summed E-state index contributed by atoms with van der Waals surface area (Å²) in [6.07, 6.45) is 0. The molecule has 0 fully saturated rings. The van der Waals surface area contributed by atoms with Crippen molar-refractivity contribution in [1.82, 2.24) is 0 Å². The van der Waals surface area contributed by atoms with Gasteiger partial charge >= 0.3 is 5.97 Å². The average molecular weight is 494 g/mol. The van der Waals surface area contributed by atoms with E-state index >= 15 is 0 Å². The van der Waals surface area contributed by atoms with Gasteiger partial charge in [-0.15, -0.1) is 0 Å². The highest BCUT2D eigenvalue weighted by Gasteiger charge is 2.15. The number of anilines is 2. The van der Waals surface area contributed by atoms with E-state index in [2.05, 4.69) is 10.6 Å². The van der Waals surface area contributed by atoms with Gasteiger partial charge in [-0.1, -0.05) is 0 Å². The van der Waals surface area contributed by atoms with Crippen LogP contribution in [0.25, 0.3) is 0 Å². The Morgan fingerprint density at radius 3 is 1.89 bits per heavy atom. The standard InChI is InChI=1S/C26H23FN2O7/c1-16(30)17-3-8-20(9-4-17)28-25(32)15-36-26(33)18-5-12-22(23(13-18)34-2)35-14-24(31)29-21-10-6-19(27)7-11-21/h3-13H,14-15H2,1-2H3,(H,28,32)(H,29,31). The van der Waals surface area contributed by atoms with Crippen molar-refractivity contribution >= 4 is 34.9 Å². The van der Waals surface area contributed by atoms with Gasteiger partial charge in [-0.05, 0) is 73.7 Å². The second-order valence-corrected chi connectivity index (χ2v) is 7.47. The first kappa shape index (κ1) is 25.9. The van der Waals surface area contributed by atoms with Gasteiger partial charge in [0.1, 0.15) is 5.82 Å². The van der Waals surface area contributed by atoms with Crippen molar-refractivity contribution in [2.45, 2.75) is 6.92 Å². The molecule has 2 amide bonds. The number of carbonyl (C=O) groups is 4. The lowest BCUT2D eigenvalue weighted by atomic mass is 10.1. The largest absolute Gasteiger partial charge is 0.493 e. The quantitative estimate of drug-likeness (QED) is 0.324. The molecular weight excluding hydrogens is 471 g/mol. The number of amides is 2. The third kappa shape index (κ3) is 7.39. The molecule has 0 atom stereocenters. The Morgan fingerprint density at radius 2 is 1.31 bits per heavy atom. The second-order valence-electron chi connectivity index (χ2n) is 7.47. The average Bonchev–Trinajstić information content (AvgIpc) is 2.87. The number of hydrogen-bond donors (Lipinski definition) is 2. The molecule has 9 nitrogen and oxygen atoms in total. The molecule has 3 rings (SSSR count). The van der Waals surface area contributed by atoms with E-state index in [1.807, 2.05) is 0 Å². The van der Waals surface area contributed by atoms with Gasteiger partial charge in [0.05, 0.1) is 12.7 Å². The van der Waals surface area contributed by atoms with Gasteiger partial charge in [0, 0.05) is 16.9 Å². The molecule has 0 radical (unpaired) electrons. The van der Waals surface area contributed by atoms with Gasteiger partial charge in [0.15, 0.2) is 30.5 Å². The number of hydrogen-bond acceptors (Lipinski definition) is 7. The van der Waals surface area contributed by atoms with Crippen molar-refractivity contribution in [1.29, 1.82) is 0 Å². The Labute approximate surface area is 206 Å². The number of halogens is 1. The first-order valence-corrected chi connectivity index (χ1v) is 10.7. The van der Waals surface area contributed by atoms with Crippen molar-refractivity contribution in [2.24, 2.45) is 0 Å². The van der Waals surface area contributed by atoms with E-state index in [1.165, 1.54) is 56.5 Å². The van der Waals surface area contributed by atoms with Crippen LogP contribution in [0.4, 0.5) is 15.8 Å². The van der Waals surface area contributed by atoms with Crippen LogP contribution in [0.3, 0.4) is 0 Å². The van der Waals surface area contributed by atoms with E-state index in [-0.39, 0.29) is 29.5 Å². The van der Waals surface area contributed by atoms with Gasteiger partial charge in [-0.25, -0.2) is 9.18 Å². The third-order valence-electron chi connectivity index (χ3n) is 4.80. The van der Waals surface area contributed by atoms with Gasteiger partial charge in [-0.2, -0.15) is 0 Å². The normalized spacial score (nSPS) is 10.2. The molecule has 0 saturated carbocycles. The molecule has 0 aliphatic heterocycles. The van der Waals surface area contributed by atoms with E-state index in [4.69, 9.17) is 14.2 Å². The number of Topliss-reactive ketones (excluding diaryl/α,β-unsaturated/α-hetero) is 1. The fraction of sp³-hybridized carbons (Fsp3) is 0.154.